The molecule has 2 amide bonds. The number of carbonyl (C=O) groups excluding carboxylic acids is 2. The third-order valence-electron chi connectivity index (χ3n) is 3.95. The Morgan fingerprint density at radius 3 is 3.12 bits per heavy atom. The molecule has 126 valence electrons. The summed E-state index contributed by atoms with van der Waals surface area (Å²) < 4.78 is 6.92. The molecule has 1 aliphatic rings. The van der Waals surface area contributed by atoms with Crippen molar-refractivity contribution in [3.05, 3.63) is 36.2 Å². The number of methoxy groups -OCH3 is 1. The summed E-state index contributed by atoms with van der Waals surface area (Å²) in [5, 5.41) is 13.3. The van der Waals surface area contributed by atoms with Crippen LogP contribution in [-0.4, -0.2) is 40.5 Å². The van der Waals surface area contributed by atoms with E-state index >= 15 is 0 Å². The third kappa shape index (κ3) is 3.53. The van der Waals surface area contributed by atoms with E-state index in [9.17, 15) is 9.59 Å². The van der Waals surface area contributed by atoms with Gasteiger partial charge in [-0.15, -0.1) is 5.10 Å². The van der Waals surface area contributed by atoms with E-state index in [1.807, 2.05) is 0 Å². The van der Waals surface area contributed by atoms with Crippen LogP contribution in [0.15, 0.2) is 30.6 Å². The molecule has 8 nitrogen and oxygen atoms in total. The molecule has 8 heteroatoms. The van der Waals surface area contributed by atoms with Crippen LogP contribution in [0.25, 0.3) is 0 Å². The Hall–Kier alpha value is -2.90. The molecule has 1 aromatic heterocycles. The second-order valence-electron chi connectivity index (χ2n) is 5.57. The van der Waals surface area contributed by atoms with Crippen molar-refractivity contribution in [3.63, 3.8) is 0 Å². The summed E-state index contributed by atoms with van der Waals surface area (Å²) in [6, 6.07) is 5.32. The Kier molecular flexibility index (Phi) is 4.74. The van der Waals surface area contributed by atoms with E-state index in [0.717, 1.165) is 12.0 Å². The lowest BCUT2D eigenvalue weighted by atomic mass is 9.89. The molecule has 1 atom stereocenters. The molecule has 0 fully saturated rings. The Morgan fingerprint density at radius 2 is 2.38 bits per heavy atom. The highest BCUT2D eigenvalue weighted by molar-refractivity contribution is 6.01. The Labute approximate surface area is 139 Å². The van der Waals surface area contributed by atoms with Crippen LogP contribution in [0, 0.1) is 0 Å². The van der Waals surface area contributed by atoms with Crippen molar-refractivity contribution in [1.82, 2.24) is 20.3 Å². The van der Waals surface area contributed by atoms with E-state index in [-0.39, 0.29) is 18.2 Å². The number of nitrogens with zero attached hydrogens (tertiary/aromatic N) is 3. The summed E-state index contributed by atoms with van der Waals surface area (Å²) in [4.78, 5) is 24.3. The number of hydrogen-bond acceptors (Lipinski definition) is 5. The maximum absolute atomic E-state index is 12.5. The van der Waals surface area contributed by atoms with Crippen molar-refractivity contribution in [3.8, 4) is 5.75 Å². The summed E-state index contributed by atoms with van der Waals surface area (Å²) in [5.74, 6) is -0.155. The van der Waals surface area contributed by atoms with Crippen LogP contribution in [0.1, 0.15) is 24.3 Å². The number of hydrogen-bond donors (Lipinski definition) is 2. The molecule has 24 heavy (non-hydrogen) atoms. The number of anilines is 1. The smallest absolute Gasteiger partial charge is 0.228 e. The van der Waals surface area contributed by atoms with Crippen LogP contribution in [0.5, 0.6) is 5.75 Å². The molecule has 0 saturated carbocycles. The van der Waals surface area contributed by atoms with Crippen molar-refractivity contribution in [1.29, 1.82) is 0 Å². The van der Waals surface area contributed by atoms with E-state index in [0.29, 0.717) is 24.5 Å². The fourth-order valence-corrected chi connectivity index (χ4v) is 2.73. The van der Waals surface area contributed by atoms with Gasteiger partial charge in [0.05, 0.1) is 19.2 Å². The largest absolute Gasteiger partial charge is 0.497 e. The molecule has 3 rings (SSSR count). The predicted octanol–water partition coefficient (Wildman–Crippen LogP) is 0.919. The molecular formula is C16H19N5O3. The van der Waals surface area contributed by atoms with Crippen molar-refractivity contribution < 1.29 is 14.3 Å². The lowest BCUT2D eigenvalue weighted by Gasteiger charge is -2.25. The van der Waals surface area contributed by atoms with Crippen molar-refractivity contribution >= 4 is 17.5 Å². The minimum Gasteiger partial charge on any atom is -0.497 e. The van der Waals surface area contributed by atoms with Gasteiger partial charge in [0.25, 0.3) is 0 Å². The highest BCUT2D eigenvalue weighted by Gasteiger charge is 2.30. The first-order valence-electron chi connectivity index (χ1n) is 7.77. The number of amides is 2. The molecule has 2 N–H and O–H groups in total. The minimum absolute atomic E-state index is 0.134. The molecule has 0 unspecified atom stereocenters. The van der Waals surface area contributed by atoms with Gasteiger partial charge in [0.2, 0.25) is 11.8 Å². The highest BCUT2D eigenvalue weighted by atomic mass is 16.5. The normalized spacial score (nSPS) is 16.2. The fourth-order valence-electron chi connectivity index (χ4n) is 2.73. The lowest BCUT2D eigenvalue weighted by Crippen LogP contribution is -2.35. The molecule has 2 aromatic rings. The van der Waals surface area contributed by atoms with Crippen LogP contribution in [0.2, 0.25) is 0 Å². The molecule has 0 aliphatic carbocycles. The van der Waals surface area contributed by atoms with E-state index in [1.54, 1.807) is 42.4 Å². The molecule has 2 heterocycles. The SMILES string of the molecule is COc1ccc2c(c1)[C@H](C(=O)NCCCn1ccnn1)CC(=O)N2. The number of fused-ring (bicyclic) bond motifs is 1. The van der Waals surface area contributed by atoms with E-state index in [2.05, 4.69) is 20.9 Å². The molecule has 0 bridgehead atoms. The maximum atomic E-state index is 12.5. The van der Waals surface area contributed by atoms with Gasteiger partial charge in [-0.3, -0.25) is 14.3 Å². The number of ether oxygens (including phenoxy) is 1. The predicted molar refractivity (Wildman–Crippen MR) is 86.6 cm³/mol. The third-order valence-corrected chi connectivity index (χ3v) is 3.95. The van der Waals surface area contributed by atoms with Gasteiger partial charge in [0.15, 0.2) is 0 Å². The number of aromatic nitrogens is 3. The topological polar surface area (TPSA) is 98.1 Å². The van der Waals surface area contributed by atoms with Gasteiger partial charge < -0.3 is 15.4 Å². The van der Waals surface area contributed by atoms with Crippen LogP contribution in [0.3, 0.4) is 0 Å². The number of carbonyl (C=O) groups is 2. The first kappa shape index (κ1) is 16.0. The van der Waals surface area contributed by atoms with Crippen LogP contribution >= 0.6 is 0 Å². The van der Waals surface area contributed by atoms with Gasteiger partial charge >= 0.3 is 0 Å². The number of nitrogens with one attached hydrogen (secondary N) is 2. The van der Waals surface area contributed by atoms with E-state index in [1.165, 1.54) is 0 Å². The molecule has 1 aliphatic heterocycles. The maximum Gasteiger partial charge on any atom is 0.228 e. The summed E-state index contributed by atoms with van der Waals surface area (Å²) in [5.41, 5.74) is 1.44. The van der Waals surface area contributed by atoms with Gasteiger partial charge in [-0.2, -0.15) is 0 Å². The molecule has 1 aromatic carbocycles. The zero-order valence-corrected chi connectivity index (χ0v) is 13.4. The van der Waals surface area contributed by atoms with Gasteiger partial charge in [-0.25, -0.2) is 0 Å². The first-order chi connectivity index (χ1) is 11.7. The van der Waals surface area contributed by atoms with Gasteiger partial charge in [-0.05, 0) is 30.2 Å². The quantitative estimate of drug-likeness (QED) is 0.768. The van der Waals surface area contributed by atoms with Crippen LogP contribution in [-0.2, 0) is 16.1 Å². The Morgan fingerprint density at radius 1 is 1.50 bits per heavy atom. The molecule has 0 radical (unpaired) electrons. The average molecular weight is 329 g/mol. The summed E-state index contributed by atoms with van der Waals surface area (Å²) in [6.45, 7) is 1.19. The van der Waals surface area contributed by atoms with Crippen molar-refractivity contribution in [2.45, 2.75) is 25.3 Å². The lowest BCUT2D eigenvalue weighted by molar-refractivity contribution is -0.126. The van der Waals surface area contributed by atoms with Gasteiger partial charge in [-0.1, -0.05) is 5.21 Å². The first-order valence-corrected chi connectivity index (χ1v) is 7.77. The van der Waals surface area contributed by atoms with E-state index in [4.69, 9.17) is 4.74 Å². The molecular weight excluding hydrogens is 310 g/mol. The second-order valence-corrected chi connectivity index (χ2v) is 5.57. The zero-order valence-electron chi connectivity index (χ0n) is 13.4. The minimum atomic E-state index is -0.504. The number of aryl methyl sites for hydroxylation is 1. The summed E-state index contributed by atoms with van der Waals surface area (Å²) >= 11 is 0. The number of benzene rings is 1. The monoisotopic (exact) mass is 329 g/mol. The molecule has 0 saturated heterocycles. The standard InChI is InChI=1S/C16H19N5O3/c1-24-11-3-4-14-12(9-11)13(10-15(22)19-14)16(23)17-5-2-7-21-8-6-18-20-21/h3-4,6,8-9,13H,2,5,7,10H2,1H3,(H,17,23)(H,19,22)/t13-/m1/s1. The fraction of sp³-hybridized carbons (Fsp3) is 0.375. The van der Waals surface area contributed by atoms with Gasteiger partial charge in [0, 0.05) is 31.4 Å². The van der Waals surface area contributed by atoms with Gasteiger partial charge in [0.1, 0.15) is 5.75 Å². The average Bonchev–Trinajstić information content (AvgIpc) is 3.10. The van der Waals surface area contributed by atoms with Crippen molar-refractivity contribution in [2.24, 2.45) is 0 Å². The summed E-state index contributed by atoms with van der Waals surface area (Å²) in [7, 11) is 1.57. The highest BCUT2D eigenvalue weighted by Crippen LogP contribution is 2.34. The Bertz CT molecular complexity index is 729. The second kappa shape index (κ2) is 7.12. The summed E-state index contributed by atoms with van der Waals surface area (Å²) in [6.07, 6.45) is 4.26. The molecule has 0 spiro atoms. The van der Waals surface area contributed by atoms with E-state index < -0.39 is 5.92 Å². The van der Waals surface area contributed by atoms with Crippen molar-refractivity contribution in [2.75, 3.05) is 19.0 Å². The Balaban J connectivity index is 1.63. The zero-order chi connectivity index (χ0) is 16.9. The van der Waals surface area contributed by atoms with Crippen LogP contribution in [0.4, 0.5) is 5.69 Å². The van der Waals surface area contributed by atoms with Crippen LogP contribution < -0.4 is 15.4 Å². The number of rotatable bonds is 6.